The predicted molar refractivity (Wildman–Crippen MR) is 142 cm³/mol. The van der Waals surface area contributed by atoms with Gasteiger partial charge in [-0.3, -0.25) is 0 Å². The summed E-state index contributed by atoms with van der Waals surface area (Å²) in [5, 5.41) is 0. The Morgan fingerprint density at radius 2 is 1.82 bits per heavy atom. The SMILES string of the molecule is CC(C)CCC[C@@H](C)[C@H]1CC[C@H]2[C@@H]3CC=C4C[C@@H](O[C@H]5CCCCO5)CC[C@]4(C)[C@H]3CC[C@]12C. The summed E-state index contributed by atoms with van der Waals surface area (Å²) in [6.45, 7) is 13.6. The van der Waals surface area contributed by atoms with E-state index in [1.165, 1.54) is 77.0 Å². The summed E-state index contributed by atoms with van der Waals surface area (Å²) in [5.41, 5.74) is 2.78. The van der Waals surface area contributed by atoms with Crippen molar-refractivity contribution in [2.24, 2.45) is 46.3 Å². The smallest absolute Gasteiger partial charge is 0.157 e. The molecule has 1 aliphatic heterocycles. The first-order valence-electron chi connectivity index (χ1n) is 15.3. The number of fused-ring (bicyclic) bond motifs is 5. The molecule has 0 aromatic heterocycles. The average molecular weight is 471 g/mol. The third-order valence-corrected chi connectivity index (χ3v) is 11.7. The van der Waals surface area contributed by atoms with Crippen LogP contribution < -0.4 is 0 Å². The minimum Gasteiger partial charge on any atom is -0.353 e. The van der Waals surface area contributed by atoms with Crippen LogP contribution in [0.3, 0.4) is 0 Å². The van der Waals surface area contributed by atoms with E-state index in [1.54, 1.807) is 5.57 Å². The number of hydrogen-bond donors (Lipinski definition) is 0. The molecule has 0 unspecified atom stereocenters. The second-order valence-corrected chi connectivity index (χ2v) is 14.1. The van der Waals surface area contributed by atoms with Gasteiger partial charge in [0.1, 0.15) is 0 Å². The molecule has 34 heavy (non-hydrogen) atoms. The van der Waals surface area contributed by atoms with Gasteiger partial charge in [0, 0.05) is 6.61 Å². The van der Waals surface area contributed by atoms with E-state index in [0.717, 1.165) is 55.0 Å². The van der Waals surface area contributed by atoms with Crippen LogP contribution in [0.4, 0.5) is 0 Å². The zero-order valence-corrected chi connectivity index (χ0v) is 23.1. The molecule has 5 rings (SSSR count). The van der Waals surface area contributed by atoms with Crippen molar-refractivity contribution in [3.8, 4) is 0 Å². The summed E-state index contributed by atoms with van der Waals surface area (Å²) in [4.78, 5) is 0. The van der Waals surface area contributed by atoms with E-state index in [1.807, 2.05) is 0 Å². The Hall–Kier alpha value is -0.340. The quantitative estimate of drug-likeness (QED) is 0.346. The van der Waals surface area contributed by atoms with Crippen molar-refractivity contribution in [1.82, 2.24) is 0 Å². The zero-order valence-electron chi connectivity index (χ0n) is 23.1. The van der Waals surface area contributed by atoms with Crippen LogP contribution in [0.1, 0.15) is 125 Å². The van der Waals surface area contributed by atoms with E-state index in [2.05, 4.69) is 40.7 Å². The molecule has 0 amide bonds. The van der Waals surface area contributed by atoms with Crippen LogP contribution in [0, 0.1) is 46.3 Å². The summed E-state index contributed by atoms with van der Waals surface area (Å²) < 4.78 is 12.4. The number of hydrogen-bond acceptors (Lipinski definition) is 2. The zero-order chi connectivity index (χ0) is 23.9. The Morgan fingerprint density at radius 1 is 0.971 bits per heavy atom. The standard InChI is InChI=1S/C32H54O2/c1-22(2)9-8-10-23(3)27-14-15-28-26-13-12-24-21-25(34-30-11-6-7-20-33-30)16-18-31(24,4)29(26)17-19-32(27,28)5/h12,22-23,25-30H,6-11,13-21H2,1-5H3/t23-,25+,26+,27-,28+,29+,30+,31+,32-/m1/s1. The summed E-state index contributed by atoms with van der Waals surface area (Å²) >= 11 is 0. The van der Waals surface area contributed by atoms with Crippen LogP contribution in [0.25, 0.3) is 0 Å². The van der Waals surface area contributed by atoms with E-state index in [9.17, 15) is 0 Å². The maximum absolute atomic E-state index is 6.47. The first-order valence-corrected chi connectivity index (χ1v) is 15.3. The topological polar surface area (TPSA) is 18.5 Å². The fourth-order valence-electron chi connectivity index (χ4n) is 9.80. The molecule has 0 aromatic carbocycles. The van der Waals surface area contributed by atoms with Gasteiger partial charge in [0.05, 0.1) is 6.10 Å². The maximum Gasteiger partial charge on any atom is 0.157 e. The van der Waals surface area contributed by atoms with Gasteiger partial charge in [-0.1, -0.05) is 65.5 Å². The van der Waals surface area contributed by atoms with Crippen LogP contribution in [0.2, 0.25) is 0 Å². The molecule has 0 radical (unpaired) electrons. The summed E-state index contributed by atoms with van der Waals surface area (Å²) in [6, 6.07) is 0. The lowest BCUT2D eigenvalue weighted by Gasteiger charge is -2.58. The molecule has 0 N–H and O–H groups in total. The van der Waals surface area contributed by atoms with Crippen LogP contribution in [0.5, 0.6) is 0 Å². The highest BCUT2D eigenvalue weighted by Gasteiger charge is 2.59. The van der Waals surface area contributed by atoms with Crippen molar-refractivity contribution < 1.29 is 9.47 Å². The van der Waals surface area contributed by atoms with E-state index in [0.29, 0.717) is 16.9 Å². The van der Waals surface area contributed by atoms with Crippen LogP contribution in [-0.2, 0) is 9.47 Å². The Balaban J connectivity index is 1.24. The molecule has 2 heteroatoms. The Morgan fingerprint density at radius 3 is 2.59 bits per heavy atom. The van der Waals surface area contributed by atoms with Crippen molar-refractivity contribution >= 4 is 0 Å². The van der Waals surface area contributed by atoms with Crippen LogP contribution >= 0.6 is 0 Å². The van der Waals surface area contributed by atoms with Crippen molar-refractivity contribution in [2.75, 3.05) is 6.61 Å². The summed E-state index contributed by atoms with van der Waals surface area (Å²) in [6.07, 6.45) is 22.0. The Labute approximate surface area is 211 Å². The van der Waals surface area contributed by atoms with Gasteiger partial charge in [-0.2, -0.15) is 0 Å². The molecule has 194 valence electrons. The van der Waals surface area contributed by atoms with Gasteiger partial charge in [0.25, 0.3) is 0 Å². The highest BCUT2D eigenvalue weighted by Crippen LogP contribution is 2.67. The predicted octanol–water partition coefficient (Wildman–Crippen LogP) is 8.94. The monoisotopic (exact) mass is 470 g/mol. The lowest BCUT2D eigenvalue weighted by Crippen LogP contribution is -2.51. The molecule has 1 heterocycles. The molecule has 2 nitrogen and oxygen atoms in total. The molecular formula is C32H54O2. The fourth-order valence-corrected chi connectivity index (χ4v) is 9.80. The van der Waals surface area contributed by atoms with Crippen molar-refractivity contribution in [2.45, 2.75) is 137 Å². The molecule has 4 fully saturated rings. The average Bonchev–Trinajstić information content (AvgIpc) is 3.17. The normalized spacial score (nSPS) is 45.3. The Kier molecular flexibility index (Phi) is 7.59. The molecule has 1 saturated heterocycles. The lowest BCUT2D eigenvalue weighted by molar-refractivity contribution is -0.195. The van der Waals surface area contributed by atoms with Crippen LogP contribution in [0.15, 0.2) is 11.6 Å². The van der Waals surface area contributed by atoms with Gasteiger partial charge in [-0.15, -0.1) is 0 Å². The second-order valence-electron chi connectivity index (χ2n) is 14.1. The molecule has 0 spiro atoms. The molecule has 4 aliphatic carbocycles. The molecule has 3 saturated carbocycles. The van der Waals surface area contributed by atoms with Gasteiger partial charge < -0.3 is 9.47 Å². The molecule has 5 aliphatic rings. The summed E-state index contributed by atoms with van der Waals surface area (Å²) in [7, 11) is 0. The van der Waals surface area contributed by atoms with Crippen molar-refractivity contribution in [3.63, 3.8) is 0 Å². The fraction of sp³-hybridized carbons (Fsp3) is 0.938. The minimum absolute atomic E-state index is 0.0633. The van der Waals surface area contributed by atoms with Crippen LogP contribution in [-0.4, -0.2) is 19.0 Å². The van der Waals surface area contributed by atoms with Gasteiger partial charge in [0.2, 0.25) is 0 Å². The first kappa shape index (κ1) is 25.3. The second kappa shape index (κ2) is 10.2. The molecule has 0 bridgehead atoms. The van der Waals surface area contributed by atoms with Crippen molar-refractivity contribution in [3.05, 3.63) is 11.6 Å². The lowest BCUT2D eigenvalue weighted by atomic mass is 9.47. The first-order chi connectivity index (χ1) is 16.3. The summed E-state index contributed by atoms with van der Waals surface area (Å²) in [5.74, 6) is 5.53. The Bertz CT molecular complexity index is 721. The highest BCUT2D eigenvalue weighted by molar-refractivity contribution is 5.25. The van der Waals surface area contributed by atoms with Gasteiger partial charge in [-0.05, 0) is 117 Å². The number of allylic oxidation sites excluding steroid dienone is 1. The largest absolute Gasteiger partial charge is 0.353 e. The number of ether oxygens (including phenoxy) is 2. The van der Waals surface area contributed by atoms with Crippen molar-refractivity contribution in [1.29, 1.82) is 0 Å². The number of rotatable bonds is 7. The third-order valence-electron chi connectivity index (χ3n) is 11.7. The third kappa shape index (κ3) is 4.69. The van der Waals surface area contributed by atoms with Gasteiger partial charge >= 0.3 is 0 Å². The van der Waals surface area contributed by atoms with E-state index >= 15 is 0 Å². The minimum atomic E-state index is 0.0633. The van der Waals surface area contributed by atoms with E-state index in [4.69, 9.17) is 9.47 Å². The molecule has 0 aromatic rings. The van der Waals surface area contributed by atoms with E-state index in [-0.39, 0.29) is 6.29 Å². The van der Waals surface area contributed by atoms with E-state index < -0.39 is 0 Å². The molecule has 9 atom stereocenters. The highest BCUT2D eigenvalue weighted by atomic mass is 16.7. The molecular weight excluding hydrogens is 416 g/mol. The maximum atomic E-state index is 6.47. The van der Waals surface area contributed by atoms with Gasteiger partial charge in [0.15, 0.2) is 6.29 Å². The van der Waals surface area contributed by atoms with Gasteiger partial charge in [-0.25, -0.2) is 0 Å².